The van der Waals surface area contributed by atoms with Crippen LogP contribution in [0.25, 0.3) is 0 Å². The maximum atomic E-state index is 13.3. The zero-order chi connectivity index (χ0) is 15.6. The summed E-state index contributed by atoms with van der Waals surface area (Å²) in [7, 11) is 0. The summed E-state index contributed by atoms with van der Waals surface area (Å²) in [4.78, 5) is 23.0. The van der Waals surface area contributed by atoms with Crippen molar-refractivity contribution in [1.29, 1.82) is 0 Å². The number of rotatable bonds is 3. The van der Waals surface area contributed by atoms with E-state index in [2.05, 4.69) is 21.2 Å². The molecular weight excluding hydrogens is 346 g/mol. The minimum atomic E-state index is -0.937. The lowest BCUT2D eigenvalue weighted by Crippen LogP contribution is -2.16. The molecule has 0 atom stereocenters. The topological polar surface area (TPSA) is 72.2 Å². The minimum absolute atomic E-state index is 0.145. The summed E-state index contributed by atoms with van der Waals surface area (Å²) in [5, 5.41) is 2.47. The number of hydrogen-bond acceptors (Lipinski definition) is 2. The lowest BCUT2D eigenvalue weighted by molar-refractivity contribution is 0.0992. The van der Waals surface area contributed by atoms with Crippen molar-refractivity contribution in [2.45, 2.75) is 0 Å². The molecule has 0 aromatic heterocycles. The van der Waals surface area contributed by atoms with Crippen LogP contribution in [-0.2, 0) is 0 Å². The molecule has 2 aromatic carbocycles. The van der Waals surface area contributed by atoms with Crippen LogP contribution in [0.15, 0.2) is 40.9 Å². The molecule has 0 saturated carbocycles. The molecule has 0 fully saturated rings. The number of carbonyl (C=O) groups excluding carboxylic acids is 2. The number of halogens is 3. The fourth-order valence-corrected chi connectivity index (χ4v) is 2.01. The predicted molar refractivity (Wildman–Crippen MR) is 77.0 cm³/mol. The van der Waals surface area contributed by atoms with Crippen LogP contribution in [0.1, 0.15) is 20.7 Å². The maximum Gasteiger partial charge on any atom is 0.255 e. The van der Waals surface area contributed by atoms with E-state index in [1.165, 1.54) is 18.2 Å². The van der Waals surface area contributed by atoms with Crippen LogP contribution in [0.3, 0.4) is 0 Å². The van der Waals surface area contributed by atoms with E-state index in [0.717, 1.165) is 18.2 Å². The Morgan fingerprint density at radius 3 is 2.33 bits per heavy atom. The highest BCUT2D eigenvalue weighted by atomic mass is 79.9. The highest BCUT2D eigenvalue weighted by Crippen LogP contribution is 2.19. The lowest BCUT2D eigenvalue weighted by atomic mass is 10.1. The molecule has 0 aliphatic carbocycles. The average molecular weight is 355 g/mol. The van der Waals surface area contributed by atoms with Gasteiger partial charge in [0.05, 0.1) is 10.0 Å². The van der Waals surface area contributed by atoms with Gasteiger partial charge in [0.2, 0.25) is 0 Å². The van der Waals surface area contributed by atoms with Gasteiger partial charge in [0.25, 0.3) is 11.8 Å². The Bertz CT molecular complexity index is 735. The van der Waals surface area contributed by atoms with E-state index in [9.17, 15) is 18.4 Å². The molecule has 2 aromatic rings. The second-order valence-electron chi connectivity index (χ2n) is 4.14. The van der Waals surface area contributed by atoms with Gasteiger partial charge in [-0.25, -0.2) is 8.78 Å². The molecule has 3 N–H and O–H groups in total. The molecule has 21 heavy (non-hydrogen) atoms. The van der Waals surface area contributed by atoms with E-state index in [0.29, 0.717) is 0 Å². The summed E-state index contributed by atoms with van der Waals surface area (Å²) in [5.74, 6) is -2.74. The Morgan fingerprint density at radius 1 is 1.05 bits per heavy atom. The van der Waals surface area contributed by atoms with Crippen LogP contribution in [0, 0.1) is 11.6 Å². The fraction of sp³-hybridized carbons (Fsp3) is 0. The zero-order valence-electron chi connectivity index (χ0n) is 10.5. The third kappa shape index (κ3) is 3.43. The summed E-state index contributed by atoms with van der Waals surface area (Å²) in [6.07, 6.45) is 0. The van der Waals surface area contributed by atoms with Gasteiger partial charge >= 0.3 is 0 Å². The van der Waals surface area contributed by atoms with Gasteiger partial charge in [-0.3, -0.25) is 9.59 Å². The Labute approximate surface area is 127 Å². The Hall–Kier alpha value is -2.28. The molecule has 0 unspecified atom stereocenters. The molecule has 2 amide bonds. The number of nitrogens with one attached hydrogen (secondary N) is 1. The van der Waals surface area contributed by atoms with E-state index in [4.69, 9.17) is 5.73 Å². The van der Waals surface area contributed by atoms with Crippen molar-refractivity contribution in [3.05, 3.63) is 63.6 Å². The molecule has 0 aliphatic rings. The molecule has 0 spiro atoms. The maximum absolute atomic E-state index is 13.3. The fourth-order valence-electron chi connectivity index (χ4n) is 1.63. The van der Waals surface area contributed by atoms with Gasteiger partial charge in [0.15, 0.2) is 0 Å². The van der Waals surface area contributed by atoms with Crippen molar-refractivity contribution >= 4 is 33.4 Å². The summed E-state index contributed by atoms with van der Waals surface area (Å²) in [6.45, 7) is 0. The first-order chi connectivity index (χ1) is 9.88. The molecule has 4 nitrogen and oxygen atoms in total. The summed E-state index contributed by atoms with van der Waals surface area (Å²) < 4.78 is 26.6. The number of benzene rings is 2. The van der Waals surface area contributed by atoms with Crippen LogP contribution in [0.5, 0.6) is 0 Å². The molecular formula is C14H9BrF2N2O2. The van der Waals surface area contributed by atoms with Crippen molar-refractivity contribution in [1.82, 2.24) is 0 Å². The second kappa shape index (κ2) is 6.01. The zero-order valence-corrected chi connectivity index (χ0v) is 12.1. The first-order valence-electron chi connectivity index (χ1n) is 5.74. The second-order valence-corrected chi connectivity index (χ2v) is 5.00. The monoisotopic (exact) mass is 354 g/mol. The molecule has 2 rings (SSSR count). The highest BCUT2D eigenvalue weighted by molar-refractivity contribution is 9.10. The standard InChI is InChI=1S/C14H9BrF2N2O2/c15-10-5-7(1-3-12(10)17)14(21)19-8-2-4-11(16)9(6-8)13(18)20/h1-6H,(H2,18,20)(H,19,21). The molecule has 0 bridgehead atoms. The van der Waals surface area contributed by atoms with Crippen LogP contribution < -0.4 is 11.1 Å². The minimum Gasteiger partial charge on any atom is -0.366 e. The van der Waals surface area contributed by atoms with Gasteiger partial charge < -0.3 is 11.1 Å². The summed E-state index contributed by atoms with van der Waals surface area (Å²) in [6, 6.07) is 7.19. The van der Waals surface area contributed by atoms with E-state index >= 15 is 0 Å². The van der Waals surface area contributed by atoms with Crippen molar-refractivity contribution in [3.63, 3.8) is 0 Å². The van der Waals surface area contributed by atoms with Gasteiger partial charge in [-0.2, -0.15) is 0 Å². The van der Waals surface area contributed by atoms with Gasteiger partial charge in [-0.05, 0) is 52.3 Å². The Kier molecular flexibility index (Phi) is 4.32. The first kappa shape index (κ1) is 15.1. The summed E-state index contributed by atoms with van der Waals surface area (Å²) >= 11 is 2.97. The van der Waals surface area contributed by atoms with E-state index in [-0.39, 0.29) is 21.3 Å². The van der Waals surface area contributed by atoms with Crippen LogP contribution in [0.2, 0.25) is 0 Å². The predicted octanol–water partition coefficient (Wildman–Crippen LogP) is 3.08. The van der Waals surface area contributed by atoms with Crippen LogP contribution in [-0.4, -0.2) is 11.8 Å². The van der Waals surface area contributed by atoms with Crippen molar-refractivity contribution in [2.24, 2.45) is 5.73 Å². The molecule has 0 aliphatic heterocycles. The molecule has 0 heterocycles. The van der Waals surface area contributed by atoms with Crippen molar-refractivity contribution in [2.75, 3.05) is 5.32 Å². The summed E-state index contributed by atoms with van der Waals surface area (Å²) in [5.41, 5.74) is 5.10. The van der Waals surface area contributed by atoms with Crippen LogP contribution in [0.4, 0.5) is 14.5 Å². The molecule has 108 valence electrons. The van der Waals surface area contributed by atoms with E-state index < -0.39 is 23.4 Å². The number of anilines is 1. The van der Waals surface area contributed by atoms with Gasteiger partial charge in [-0.1, -0.05) is 0 Å². The number of amides is 2. The SMILES string of the molecule is NC(=O)c1cc(NC(=O)c2ccc(F)c(Br)c2)ccc1F. The first-order valence-corrected chi connectivity index (χ1v) is 6.53. The highest BCUT2D eigenvalue weighted by Gasteiger charge is 2.12. The van der Waals surface area contributed by atoms with Gasteiger partial charge in [0.1, 0.15) is 11.6 Å². The van der Waals surface area contributed by atoms with E-state index in [1.54, 1.807) is 0 Å². The largest absolute Gasteiger partial charge is 0.366 e. The normalized spacial score (nSPS) is 10.2. The number of hydrogen-bond donors (Lipinski definition) is 2. The number of primary amides is 1. The number of nitrogens with two attached hydrogens (primary N) is 1. The van der Waals surface area contributed by atoms with Gasteiger partial charge in [-0.15, -0.1) is 0 Å². The van der Waals surface area contributed by atoms with Crippen molar-refractivity contribution < 1.29 is 18.4 Å². The quantitative estimate of drug-likeness (QED) is 0.888. The molecule has 0 radical (unpaired) electrons. The van der Waals surface area contributed by atoms with Crippen molar-refractivity contribution in [3.8, 4) is 0 Å². The van der Waals surface area contributed by atoms with E-state index in [1.807, 2.05) is 0 Å². The van der Waals surface area contributed by atoms with Gasteiger partial charge in [0, 0.05) is 11.3 Å². The Balaban J connectivity index is 2.25. The number of carbonyl (C=O) groups is 2. The average Bonchev–Trinajstić information content (AvgIpc) is 2.43. The third-order valence-corrected chi connectivity index (χ3v) is 3.28. The Morgan fingerprint density at radius 2 is 1.71 bits per heavy atom. The molecule has 0 saturated heterocycles. The van der Waals surface area contributed by atoms with Crippen LogP contribution >= 0.6 is 15.9 Å². The third-order valence-electron chi connectivity index (χ3n) is 2.67. The molecule has 7 heteroatoms. The smallest absolute Gasteiger partial charge is 0.255 e. The lowest BCUT2D eigenvalue weighted by Gasteiger charge is -2.07.